The fourth-order valence-electron chi connectivity index (χ4n) is 2.05. The van der Waals surface area contributed by atoms with Crippen LogP contribution in [0.15, 0.2) is 12.1 Å². The van der Waals surface area contributed by atoms with E-state index in [-0.39, 0.29) is 17.4 Å². The molecule has 0 N–H and O–H groups in total. The summed E-state index contributed by atoms with van der Waals surface area (Å²) in [5.74, 6) is 0.588. The third kappa shape index (κ3) is 2.80. The molecule has 1 aliphatic rings. The van der Waals surface area contributed by atoms with Crippen molar-refractivity contribution in [2.45, 2.75) is 32.0 Å². The zero-order valence-electron chi connectivity index (χ0n) is 10.7. The maximum Gasteiger partial charge on any atom is 0.433 e. The Labute approximate surface area is 109 Å². The van der Waals surface area contributed by atoms with Gasteiger partial charge in [0.2, 0.25) is 0 Å². The van der Waals surface area contributed by atoms with E-state index in [1.165, 1.54) is 6.07 Å². The third-order valence-electron chi connectivity index (χ3n) is 3.54. The van der Waals surface area contributed by atoms with Gasteiger partial charge in [-0.05, 0) is 37.8 Å². The van der Waals surface area contributed by atoms with Gasteiger partial charge in [-0.2, -0.15) is 18.4 Å². The van der Waals surface area contributed by atoms with Crippen LogP contribution < -0.4 is 4.90 Å². The second-order valence-electron chi connectivity index (χ2n) is 4.87. The quantitative estimate of drug-likeness (QED) is 0.846. The fraction of sp³-hybridized carbons (Fsp3) is 0.538. The Hall–Kier alpha value is -1.77. The van der Waals surface area contributed by atoms with Crippen molar-refractivity contribution in [3.8, 4) is 6.07 Å². The molecule has 6 heteroatoms. The van der Waals surface area contributed by atoms with Gasteiger partial charge in [-0.3, -0.25) is 0 Å². The topological polar surface area (TPSA) is 39.9 Å². The number of alkyl halides is 3. The van der Waals surface area contributed by atoms with Gasteiger partial charge in [0.25, 0.3) is 0 Å². The van der Waals surface area contributed by atoms with Gasteiger partial charge < -0.3 is 4.90 Å². The molecule has 1 heterocycles. The highest BCUT2D eigenvalue weighted by molar-refractivity contribution is 5.54. The first-order chi connectivity index (χ1) is 8.84. The minimum absolute atomic E-state index is 0.0862. The van der Waals surface area contributed by atoms with Crippen LogP contribution in [0.2, 0.25) is 0 Å². The third-order valence-corrected chi connectivity index (χ3v) is 3.54. The van der Waals surface area contributed by atoms with Gasteiger partial charge in [-0.15, -0.1) is 0 Å². The Morgan fingerprint density at radius 2 is 2.05 bits per heavy atom. The van der Waals surface area contributed by atoms with Gasteiger partial charge in [0.15, 0.2) is 0 Å². The summed E-state index contributed by atoms with van der Waals surface area (Å²) in [5.41, 5.74) is -0.792. The summed E-state index contributed by atoms with van der Waals surface area (Å²) in [5, 5.41) is 9.00. The molecule has 3 nitrogen and oxygen atoms in total. The number of nitrogens with zero attached hydrogens (tertiary/aromatic N) is 3. The summed E-state index contributed by atoms with van der Waals surface area (Å²) in [4.78, 5) is 5.30. The summed E-state index contributed by atoms with van der Waals surface area (Å²) in [6, 6.07) is 4.01. The largest absolute Gasteiger partial charge is 0.433 e. The lowest BCUT2D eigenvalue weighted by Crippen LogP contribution is -2.32. The SMILES string of the molecule is CC(C1CC1)N(C)c1nc(C(F)(F)F)ccc1C#N. The second kappa shape index (κ2) is 4.72. The number of anilines is 1. The van der Waals surface area contributed by atoms with Crippen molar-refractivity contribution in [3.05, 3.63) is 23.4 Å². The monoisotopic (exact) mass is 269 g/mol. The van der Waals surface area contributed by atoms with Gasteiger partial charge in [0, 0.05) is 13.1 Å². The molecule has 19 heavy (non-hydrogen) atoms. The van der Waals surface area contributed by atoms with Crippen molar-refractivity contribution in [2.75, 3.05) is 11.9 Å². The lowest BCUT2D eigenvalue weighted by atomic mass is 10.1. The Morgan fingerprint density at radius 3 is 2.53 bits per heavy atom. The van der Waals surface area contributed by atoms with Crippen molar-refractivity contribution in [2.24, 2.45) is 5.92 Å². The molecule has 1 saturated carbocycles. The normalized spacial score (nSPS) is 16.8. The molecule has 0 aromatic carbocycles. The molecule has 0 bridgehead atoms. The van der Waals surface area contributed by atoms with Crippen LogP contribution >= 0.6 is 0 Å². The Kier molecular flexibility index (Phi) is 3.40. The van der Waals surface area contributed by atoms with E-state index in [1.54, 1.807) is 11.9 Å². The summed E-state index contributed by atoms with van der Waals surface area (Å²) in [7, 11) is 1.69. The van der Waals surface area contributed by atoms with E-state index in [0.29, 0.717) is 5.92 Å². The number of halogens is 3. The predicted molar refractivity (Wildman–Crippen MR) is 64.5 cm³/mol. The van der Waals surface area contributed by atoms with Crippen LogP contribution in [0.5, 0.6) is 0 Å². The zero-order valence-corrected chi connectivity index (χ0v) is 10.7. The van der Waals surface area contributed by atoms with Crippen LogP contribution in [0.4, 0.5) is 19.0 Å². The number of hydrogen-bond acceptors (Lipinski definition) is 3. The minimum atomic E-state index is -4.49. The standard InChI is InChI=1S/C13H14F3N3/c1-8(9-3-4-9)19(2)12-10(7-17)5-6-11(18-12)13(14,15)16/h5-6,8-9H,3-4H2,1-2H3. The van der Waals surface area contributed by atoms with Gasteiger partial charge >= 0.3 is 6.18 Å². The maximum absolute atomic E-state index is 12.7. The highest BCUT2D eigenvalue weighted by Gasteiger charge is 2.35. The van der Waals surface area contributed by atoms with Gasteiger partial charge in [0.1, 0.15) is 17.6 Å². The highest BCUT2D eigenvalue weighted by atomic mass is 19.4. The Bertz CT molecular complexity index is 515. The number of pyridine rings is 1. The molecule has 0 saturated heterocycles. The van der Waals surface area contributed by atoms with E-state index < -0.39 is 11.9 Å². The molecule has 0 aliphatic heterocycles. The Morgan fingerprint density at radius 1 is 1.42 bits per heavy atom. The minimum Gasteiger partial charge on any atom is -0.356 e. The average molecular weight is 269 g/mol. The van der Waals surface area contributed by atoms with E-state index in [4.69, 9.17) is 5.26 Å². The van der Waals surface area contributed by atoms with Crippen LogP contribution in [0, 0.1) is 17.2 Å². The van der Waals surface area contributed by atoms with Crippen LogP contribution in [0.1, 0.15) is 31.0 Å². The van der Waals surface area contributed by atoms with Gasteiger partial charge in [-0.1, -0.05) is 0 Å². The number of nitriles is 1. The molecule has 0 radical (unpaired) electrons. The molecule has 0 amide bonds. The summed E-state index contributed by atoms with van der Waals surface area (Å²) < 4.78 is 38.0. The molecule has 1 aromatic rings. The first-order valence-corrected chi connectivity index (χ1v) is 6.05. The Balaban J connectivity index is 2.38. The van der Waals surface area contributed by atoms with Crippen LogP contribution in [-0.2, 0) is 6.18 Å². The lowest BCUT2D eigenvalue weighted by molar-refractivity contribution is -0.141. The van der Waals surface area contributed by atoms with Crippen LogP contribution in [0.25, 0.3) is 0 Å². The molecule has 1 aliphatic carbocycles. The first kappa shape index (κ1) is 13.7. The van der Waals surface area contributed by atoms with E-state index >= 15 is 0 Å². The number of hydrogen-bond donors (Lipinski definition) is 0. The fourth-order valence-corrected chi connectivity index (χ4v) is 2.05. The number of aromatic nitrogens is 1. The van der Waals surface area contributed by atoms with E-state index in [1.807, 2.05) is 13.0 Å². The van der Waals surface area contributed by atoms with Gasteiger partial charge in [0.05, 0.1) is 5.56 Å². The van der Waals surface area contributed by atoms with Crippen molar-refractivity contribution in [3.63, 3.8) is 0 Å². The highest BCUT2D eigenvalue weighted by Crippen LogP contribution is 2.37. The molecule has 1 fully saturated rings. The predicted octanol–water partition coefficient (Wildman–Crippen LogP) is 3.21. The smallest absolute Gasteiger partial charge is 0.356 e. The van der Waals surface area contributed by atoms with Crippen molar-refractivity contribution < 1.29 is 13.2 Å². The number of rotatable bonds is 3. The molecule has 1 atom stereocenters. The van der Waals surface area contributed by atoms with E-state index in [0.717, 1.165) is 18.9 Å². The van der Waals surface area contributed by atoms with Crippen LogP contribution in [-0.4, -0.2) is 18.1 Å². The van der Waals surface area contributed by atoms with Crippen molar-refractivity contribution >= 4 is 5.82 Å². The molecular formula is C13H14F3N3. The molecule has 1 aromatic heterocycles. The van der Waals surface area contributed by atoms with E-state index in [2.05, 4.69) is 4.98 Å². The van der Waals surface area contributed by atoms with Gasteiger partial charge in [-0.25, -0.2) is 4.98 Å². The summed E-state index contributed by atoms with van der Waals surface area (Å²) in [6.07, 6.45) is -2.34. The lowest BCUT2D eigenvalue weighted by Gasteiger charge is -2.27. The molecule has 1 unspecified atom stereocenters. The molecule has 2 rings (SSSR count). The first-order valence-electron chi connectivity index (χ1n) is 6.05. The molecule has 0 spiro atoms. The summed E-state index contributed by atoms with van der Waals surface area (Å²) in [6.45, 7) is 1.95. The summed E-state index contributed by atoms with van der Waals surface area (Å²) >= 11 is 0. The molecule has 102 valence electrons. The molecular weight excluding hydrogens is 255 g/mol. The van der Waals surface area contributed by atoms with Crippen molar-refractivity contribution in [1.82, 2.24) is 4.98 Å². The van der Waals surface area contributed by atoms with Crippen LogP contribution in [0.3, 0.4) is 0 Å². The van der Waals surface area contributed by atoms with E-state index in [9.17, 15) is 13.2 Å². The maximum atomic E-state index is 12.7. The van der Waals surface area contributed by atoms with Crippen molar-refractivity contribution in [1.29, 1.82) is 5.26 Å². The second-order valence-corrected chi connectivity index (χ2v) is 4.87. The zero-order chi connectivity index (χ0) is 14.2. The average Bonchev–Trinajstić information content (AvgIpc) is 3.19.